The van der Waals surface area contributed by atoms with Crippen LogP contribution in [0.3, 0.4) is 0 Å². The van der Waals surface area contributed by atoms with Gasteiger partial charge >= 0.3 is 11.9 Å². The summed E-state index contributed by atoms with van der Waals surface area (Å²) < 4.78 is 4.74. The summed E-state index contributed by atoms with van der Waals surface area (Å²) in [6, 6.07) is 9.08. The van der Waals surface area contributed by atoms with Crippen LogP contribution >= 0.6 is 11.6 Å². The molecule has 0 aliphatic carbocycles. The Balaban J connectivity index is 0.000000273. The second kappa shape index (κ2) is 9.53. The summed E-state index contributed by atoms with van der Waals surface area (Å²) >= 11 is 5.60. The summed E-state index contributed by atoms with van der Waals surface area (Å²) in [6.07, 6.45) is 0. The number of hydrogen-bond acceptors (Lipinski definition) is 5. The Hall–Kier alpha value is -2.93. The molecule has 0 saturated carbocycles. The number of benzene rings is 2. The number of carbonyl (C=O) groups is 2. The number of nitro groups is 1. The van der Waals surface area contributed by atoms with Crippen LogP contribution in [-0.2, 0) is 4.74 Å². The van der Waals surface area contributed by atoms with Crippen molar-refractivity contribution in [1.82, 2.24) is 0 Å². The van der Waals surface area contributed by atoms with Gasteiger partial charge in [-0.25, -0.2) is 9.59 Å². The van der Waals surface area contributed by atoms with E-state index in [0.29, 0.717) is 10.6 Å². The molecule has 138 valence electrons. The maximum atomic E-state index is 11.3. The highest BCUT2D eigenvalue weighted by Crippen LogP contribution is 2.19. The zero-order valence-corrected chi connectivity index (χ0v) is 15.2. The van der Waals surface area contributed by atoms with Crippen LogP contribution in [-0.4, -0.2) is 28.6 Å². The topological polar surface area (TPSA) is 107 Å². The number of ether oxygens (including phenoxy) is 1. The molecule has 0 amide bonds. The molecule has 7 nitrogen and oxygen atoms in total. The van der Waals surface area contributed by atoms with Gasteiger partial charge in [-0.05, 0) is 44.5 Å². The monoisotopic (exact) mass is 379 g/mol. The number of rotatable bonds is 4. The van der Waals surface area contributed by atoms with Crippen molar-refractivity contribution in [1.29, 1.82) is 0 Å². The zero-order chi connectivity index (χ0) is 19.9. The average Bonchev–Trinajstić information content (AvgIpc) is 2.57. The highest BCUT2D eigenvalue weighted by atomic mass is 35.5. The minimum absolute atomic E-state index is 0.0689. The SMILES string of the molecule is CCOC(=O)c1ccc(C)c([N+](=O)[O-])c1.Cc1ccc(Cl)cc1C(=O)O. The van der Waals surface area contributed by atoms with E-state index in [4.69, 9.17) is 21.4 Å². The molecule has 2 aromatic carbocycles. The second-order valence-corrected chi connectivity index (χ2v) is 5.68. The van der Waals surface area contributed by atoms with E-state index in [9.17, 15) is 19.7 Å². The first kappa shape index (κ1) is 21.1. The van der Waals surface area contributed by atoms with Gasteiger partial charge in [0, 0.05) is 16.7 Å². The van der Waals surface area contributed by atoms with Gasteiger partial charge in [0.2, 0.25) is 0 Å². The Kier molecular flexibility index (Phi) is 7.74. The van der Waals surface area contributed by atoms with E-state index in [-0.39, 0.29) is 23.4 Å². The van der Waals surface area contributed by atoms with E-state index in [1.165, 1.54) is 24.3 Å². The molecule has 0 aliphatic rings. The first-order valence-electron chi connectivity index (χ1n) is 7.59. The largest absolute Gasteiger partial charge is 0.478 e. The summed E-state index contributed by atoms with van der Waals surface area (Å²) in [7, 11) is 0. The van der Waals surface area contributed by atoms with Crippen LogP contribution in [0.1, 0.15) is 38.8 Å². The van der Waals surface area contributed by atoms with Crippen LogP contribution in [0.25, 0.3) is 0 Å². The molecule has 2 rings (SSSR count). The van der Waals surface area contributed by atoms with Gasteiger partial charge < -0.3 is 9.84 Å². The molecule has 0 aliphatic heterocycles. The zero-order valence-electron chi connectivity index (χ0n) is 14.5. The summed E-state index contributed by atoms with van der Waals surface area (Å²) in [5.74, 6) is -1.48. The Labute approximate surface area is 155 Å². The molecule has 26 heavy (non-hydrogen) atoms. The number of hydrogen-bond donors (Lipinski definition) is 1. The molecule has 0 bridgehead atoms. The Morgan fingerprint density at radius 3 is 2.27 bits per heavy atom. The van der Waals surface area contributed by atoms with E-state index in [2.05, 4.69) is 0 Å². The maximum absolute atomic E-state index is 11.3. The second-order valence-electron chi connectivity index (χ2n) is 5.24. The predicted octanol–water partition coefficient (Wildman–Crippen LogP) is 4.43. The Bertz CT molecular complexity index is 834. The van der Waals surface area contributed by atoms with Crippen LogP contribution < -0.4 is 0 Å². The minimum atomic E-state index is -0.940. The minimum Gasteiger partial charge on any atom is -0.478 e. The number of aromatic carboxylic acids is 1. The van der Waals surface area contributed by atoms with Gasteiger partial charge in [0.25, 0.3) is 5.69 Å². The van der Waals surface area contributed by atoms with Crippen molar-refractivity contribution in [2.75, 3.05) is 6.61 Å². The molecular weight excluding hydrogens is 362 g/mol. The van der Waals surface area contributed by atoms with Crippen LogP contribution in [0, 0.1) is 24.0 Å². The third-order valence-corrected chi connectivity index (χ3v) is 3.58. The van der Waals surface area contributed by atoms with E-state index in [1.807, 2.05) is 0 Å². The van der Waals surface area contributed by atoms with Gasteiger partial charge in [-0.3, -0.25) is 10.1 Å². The molecule has 0 spiro atoms. The lowest BCUT2D eigenvalue weighted by atomic mass is 10.1. The number of carbonyl (C=O) groups excluding carboxylic acids is 1. The summed E-state index contributed by atoms with van der Waals surface area (Å²) in [6.45, 7) is 5.29. The molecule has 0 radical (unpaired) electrons. The smallest absolute Gasteiger partial charge is 0.338 e. The fourth-order valence-electron chi connectivity index (χ4n) is 1.97. The molecule has 2 aromatic rings. The fraction of sp³-hybridized carbons (Fsp3) is 0.222. The Morgan fingerprint density at radius 2 is 1.77 bits per heavy atom. The number of esters is 1. The average molecular weight is 380 g/mol. The maximum Gasteiger partial charge on any atom is 0.338 e. The summed E-state index contributed by atoms with van der Waals surface area (Å²) in [5.41, 5.74) is 1.64. The number of nitrogens with zero attached hydrogens (tertiary/aromatic N) is 1. The first-order chi connectivity index (χ1) is 12.2. The third-order valence-electron chi connectivity index (χ3n) is 3.35. The molecule has 0 saturated heterocycles. The molecule has 0 unspecified atom stereocenters. The quantitative estimate of drug-likeness (QED) is 0.478. The molecule has 0 atom stereocenters. The van der Waals surface area contributed by atoms with Crippen molar-refractivity contribution in [3.8, 4) is 0 Å². The Morgan fingerprint density at radius 1 is 1.15 bits per heavy atom. The lowest BCUT2D eigenvalue weighted by Gasteiger charge is -2.02. The van der Waals surface area contributed by atoms with Crippen molar-refractivity contribution in [2.24, 2.45) is 0 Å². The summed E-state index contributed by atoms with van der Waals surface area (Å²) in [4.78, 5) is 31.9. The number of carboxylic acid groups (broad SMARTS) is 1. The molecule has 0 heterocycles. The molecular formula is C18H18ClNO6. The number of aryl methyl sites for hydroxylation is 2. The van der Waals surface area contributed by atoms with Gasteiger partial charge in [0.1, 0.15) is 0 Å². The van der Waals surface area contributed by atoms with Crippen LogP contribution in [0.15, 0.2) is 36.4 Å². The van der Waals surface area contributed by atoms with Gasteiger partial charge in [-0.15, -0.1) is 0 Å². The normalized spacial score (nSPS) is 9.69. The van der Waals surface area contributed by atoms with Crippen molar-refractivity contribution in [2.45, 2.75) is 20.8 Å². The molecule has 0 aromatic heterocycles. The van der Waals surface area contributed by atoms with Crippen molar-refractivity contribution in [3.05, 3.63) is 73.8 Å². The van der Waals surface area contributed by atoms with Gasteiger partial charge in [0.15, 0.2) is 0 Å². The van der Waals surface area contributed by atoms with Crippen LogP contribution in [0.2, 0.25) is 5.02 Å². The molecule has 0 fully saturated rings. The number of halogens is 1. The van der Waals surface area contributed by atoms with Crippen molar-refractivity contribution >= 4 is 29.2 Å². The highest BCUT2D eigenvalue weighted by molar-refractivity contribution is 6.30. The van der Waals surface area contributed by atoms with E-state index < -0.39 is 16.9 Å². The standard InChI is InChI=1S/C10H11NO4.C8H7ClO2/c1-3-15-10(12)8-5-4-7(2)9(6-8)11(13)14;1-5-2-3-6(9)4-7(5)8(10)11/h4-6H,3H2,1-2H3;2-4H,1H3,(H,10,11). The molecule has 1 N–H and O–H groups in total. The van der Waals surface area contributed by atoms with E-state index >= 15 is 0 Å². The third kappa shape index (κ3) is 5.86. The number of carboxylic acids is 1. The first-order valence-corrected chi connectivity index (χ1v) is 7.96. The summed E-state index contributed by atoms with van der Waals surface area (Å²) in [5, 5.41) is 19.7. The van der Waals surface area contributed by atoms with Gasteiger partial charge in [-0.1, -0.05) is 23.7 Å². The fourth-order valence-corrected chi connectivity index (χ4v) is 2.14. The number of nitro benzene ring substituents is 1. The predicted molar refractivity (Wildman–Crippen MR) is 96.9 cm³/mol. The van der Waals surface area contributed by atoms with Crippen molar-refractivity contribution < 1.29 is 24.4 Å². The van der Waals surface area contributed by atoms with Crippen LogP contribution in [0.4, 0.5) is 5.69 Å². The highest BCUT2D eigenvalue weighted by Gasteiger charge is 2.15. The van der Waals surface area contributed by atoms with Crippen molar-refractivity contribution in [3.63, 3.8) is 0 Å². The van der Waals surface area contributed by atoms with E-state index in [0.717, 1.165) is 5.56 Å². The molecule has 8 heteroatoms. The van der Waals surface area contributed by atoms with Gasteiger partial charge in [-0.2, -0.15) is 0 Å². The lowest BCUT2D eigenvalue weighted by molar-refractivity contribution is -0.385. The van der Waals surface area contributed by atoms with Crippen LogP contribution in [0.5, 0.6) is 0 Å². The van der Waals surface area contributed by atoms with Gasteiger partial charge in [0.05, 0.1) is 22.7 Å². The van der Waals surface area contributed by atoms with E-state index in [1.54, 1.807) is 32.9 Å². The lowest BCUT2D eigenvalue weighted by Crippen LogP contribution is -2.05.